The van der Waals surface area contributed by atoms with Gasteiger partial charge in [0.1, 0.15) is 0 Å². The first-order chi connectivity index (χ1) is 17.9. The van der Waals surface area contributed by atoms with Gasteiger partial charge >= 0.3 is 0 Å². The molecule has 193 valence electrons. The van der Waals surface area contributed by atoms with E-state index in [1.54, 1.807) is 15.6 Å². The fourth-order valence-corrected chi connectivity index (χ4v) is 11.1. The molecule has 0 nitrogen and oxygen atoms in total. The zero-order valence-corrected chi connectivity index (χ0v) is 25.2. The molecule has 0 atom stereocenters. The summed E-state index contributed by atoms with van der Waals surface area (Å²) in [6, 6.07) is 22.6. The van der Waals surface area contributed by atoms with Gasteiger partial charge in [0.25, 0.3) is 0 Å². The Morgan fingerprint density at radius 3 is 0.946 bits per heavy atom. The Labute approximate surface area is 227 Å². The minimum atomic E-state index is -2.57. The van der Waals surface area contributed by atoms with Crippen molar-refractivity contribution in [3.63, 3.8) is 0 Å². The topological polar surface area (TPSA) is 0 Å². The molecule has 0 heterocycles. The Kier molecular flexibility index (Phi) is 8.75. The van der Waals surface area contributed by atoms with E-state index in [-0.39, 0.29) is 0 Å². The van der Waals surface area contributed by atoms with Crippen molar-refractivity contribution in [3.05, 3.63) is 117 Å². The molecule has 0 saturated carbocycles. The maximum Gasteiger partial charge on any atom is 0.162 e. The molecule has 0 aromatic heterocycles. The van der Waals surface area contributed by atoms with Crippen LogP contribution in [-0.2, 0) is 38.5 Å². The van der Waals surface area contributed by atoms with Crippen molar-refractivity contribution in [2.45, 2.75) is 87.0 Å². The minimum absolute atomic E-state index is 1.07. The lowest BCUT2D eigenvalue weighted by atomic mass is 10.1. The van der Waals surface area contributed by atoms with Crippen molar-refractivity contribution in [2.24, 2.45) is 0 Å². The lowest BCUT2D eigenvalue weighted by Gasteiger charge is -2.39. The second-order valence-corrected chi connectivity index (χ2v) is 14.5. The highest BCUT2D eigenvalue weighted by Crippen LogP contribution is 2.30. The van der Waals surface area contributed by atoms with Crippen molar-refractivity contribution >= 4 is 23.6 Å². The molecule has 3 aromatic rings. The maximum atomic E-state index is 2.56. The van der Waals surface area contributed by atoms with Crippen molar-refractivity contribution in [1.82, 2.24) is 0 Å². The van der Waals surface area contributed by atoms with Crippen molar-refractivity contribution in [1.29, 1.82) is 0 Å². The van der Waals surface area contributed by atoms with Crippen LogP contribution in [-0.4, -0.2) is 8.07 Å². The van der Waals surface area contributed by atoms with Crippen molar-refractivity contribution in [3.8, 4) is 0 Å². The van der Waals surface area contributed by atoms with Crippen LogP contribution in [0.25, 0.3) is 0 Å². The largest absolute Gasteiger partial charge is 0.162 e. The highest BCUT2D eigenvalue weighted by molar-refractivity contribution is 7.15. The number of aryl methyl sites for hydroxylation is 6. The highest BCUT2D eigenvalue weighted by atomic mass is 28.3. The lowest BCUT2D eigenvalue weighted by Crippen LogP contribution is -2.70. The molecule has 3 aromatic carbocycles. The standard InChI is InChI=1S/C36H45Si/c1-8-27-17-28(9-2)21-34(20-27)37(33-15-14-26(7)16-33,35-22-29(10-3)18-30(11-4)23-35)36-24-31(12-5)19-32(13-6)25-36/h14-25H,8-13H2,1-7H3. The highest BCUT2D eigenvalue weighted by Gasteiger charge is 2.47. The predicted octanol–water partition coefficient (Wildman–Crippen LogP) is 7.16. The van der Waals surface area contributed by atoms with Crippen LogP contribution in [0.5, 0.6) is 0 Å². The second kappa shape index (κ2) is 11.8. The van der Waals surface area contributed by atoms with E-state index in [1.165, 1.54) is 44.5 Å². The first-order valence-corrected chi connectivity index (χ1v) is 16.5. The summed E-state index contributed by atoms with van der Waals surface area (Å²) >= 11 is 0. The fraction of sp³-hybridized carbons (Fsp3) is 0.361. The Morgan fingerprint density at radius 2 is 0.730 bits per heavy atom. The van der Waals surface area contributed by atoms with E-state index in [0.717, 1.165) is 38.5 Å². The van der Waals surface area contributed by atoms with Crippen LogP contribution in [0.3, 0.4) is 0 Å². The number of rotatable bonds is 10. The molecule has 0 amide bonds. The zero-order chi connectivity index (χ0) is 26.6. The van der Waals surface area contributed by atoms with Crippen LogP contribution < -0.4 is 15.6 Å². The van der Waals surface area contributed by atoms with Crippen LogP contribution in [0.15, 0.2) is 78.4 Å². The molecule has 1 aliphatic rings. The molecule has 0 N–H and O–H groups in total. The molecule has 0 aliphatic heterocycles. The van der Waals surface area contributed by atoms with Gasteiger partial charge in [-0.1, -0.05) is 120 Å². The summed E-state index contributed by atoms with van der Waals surface area (Å²) in [5.41, 5.74) is 11.6. The molecule has 0 bridgehead atoms. The van der Waals surface area contributed by atoms with E-state index in [0.29, 0.717) is 0 Å². The third-order valence-corrected chi connectivity index (χ3v) is 12.9. The van der Waals surface area contributed by atoms with Gasteiger partial charge in [-0.05, 0) is 94.4 Å². The molecule has 0 saturated heterocycles. The van der Waals surface area contributed by atoms with Gasteiger partial charge in [-0.25, -0.2) is 0 Å². The molecule has 0 fully saturated rings. The molecule has 1 heteroatoms. The maximum absolute atomic E-state index is 2.57. The van der Waals surface area contributed by atoms with Crippen LogP contribution in [0, 0.1) is 5.54 Å². The van der Waals surface area contributed by atoms with Gasteiger partial charge in [0.15, 0.2) is 8.07 Å². The Bertz CT molecular complexity index is 1100. The second-order valence-electron chi connectivity index (χ2n) is 10.7. The van der Waals surface area contributed by atoms with Crippen LogP contribution in [0.4, 0.5) is 0 Å². The average molecular weight is 506 g/mol. The Hall–Kier alpha value is -2.64. The molecule has 4 rings (SSSR count). The quantitative estimate of drug-likeness (QED) is 0.202. The zero-order valence-electron chi connectivity index (χ0n) is 24.2. The Morgan fingerprint density at radius 1 is 0.432 bits per heavy atom. The normalized spacial score (nSPS) is 13.9. The first-order valence-electron chi connectivity index (χ1n) is 14.5. The fourth-order valence-electron chi connectivity index (χ4n) is 5.96. The van der Waals surface area contributed by atoms with E-state index >= 15 is 0 Å². The molecular weight excluding hydrogens is 460 g/mol. The SMILES string of the molecule is CCc1cc(CC)cc([Si]([C]2C=CC(C)=C2)(c2cc(CC)cc(CC)c2)c2cc(CC)cc(CC)c2)c1. The van der Waals surface area contributed by atoms with Gasteiger partial charge in [0.05, 0.1) is 0 Å². The molecule has 0 spiro atoms. The molecular formula is C36H45Si. The summed E-state index contributed by atoms with van der Waals surface area (Å²) < 4.78 is 0. The molecule has 0 unspecified atom stereocenters. The van der Waals surface area contributed by atoms with Gasteiger partial charge in [-0.15, -0.1) is 0 Å². The van der Waals surface area contributed by atoms with E-state index < -0.39 is 8.07 Å². The minimum Gasteiger partial charge on any atom is -0.0750 e. The molecule has 1 aliphatic carbocycles. The van der Waals surface area contributed by atoms with E-state index in [9.17, 15) is 0 Å². The monoisotopic (exact) mass is 505 g/mol. The summed E-state index contributed by atoms with van der Waals surface area (Å²) in [6.07, 6.45) is 13.7. The molecule has 37 heavy (non-hydrogen) atoms. The smallest absolute Gasteiger partial charge is 0.0750 e. The van der Waals surface area contributed by atoms with Crippen LogP contribution in [0.2, 0.25) is 0 Å². The third kappa shape index (κ3) is 5.34. The van der Waals surface area contributed by atoms with Gasteiger partial charge in [-0.3, -0.25) is 0 Å². The summed E-state index contributed by atoms with van der Waals surface area (Å²) in [4.78, 5) is 0. The molecule has 1 radical (unpaired) electrons. The lowest BCUT2D eigenvalue weighted by molar-refractivity contribution is 1.09. The van der Waals surface area contributed by atoms with Gasteiger partial charge in [0.2, 0.25) is 0 Å². The average Bonchev–Trinajstić information content (AvgIpc) is 3.38. The van der Waals surface area contributed by atoms with Crippen molar-refractivity contribution in [2.75, 3.05) is 0 Å². The number of hydrogen-bond acceptors (Lipinski definition) is 0. The van der Waals surface area contributed by atoms with Crippen LogP contribution in [0.1, 0.15) is 81.8 Å². The van der Waals surface area contributed by atoms with E-state index in [2.05, 4.69) is 121 Å². The van der Waals surface area contributed by atoms with E-state index in [4.69, 9.17) is 0 Å². The van der Waals surface area contributed by atoms with Crippen molar-refractivity contribution < 1.29 is 0 Å². The van der Waals surface area contributed by atoms with Gasteiger partial charge < -0.3 is 0 Å². The number of allylic oxidation sites excluding steroid dienone is 4. The summed E-state index contributed by atoms with van der Waals surface area (Å²) in [7, 11) is -2.57. The number of benzene rings is 3. The van der Waals surface area contributed by atoms with Gasteiger partial charge in [-0.2, -0.15) is 0 Å². The van der Waals surface area contributed by atoms with Gasteiger partial charge in [0, 0.05) is 5.54 Å². The third-order valence-electron chi connectivity index (χ3n) is 8.25. The number of hydrogen-bond donors (Lipinski definition) is 0. The van der Waals surface area contributed by atoms with E-state index in [1.807, 2.05) is 0 Å². The van der Waals surface area contributed by atoms with Crippen LogP contribution >= 0.6 is 0 Å². The summed E-state index contributed by atoms with van der Waals surface area (Å²) in [5.74, 6) is 0. The first kappa shape index (κ1) is 27.4. The summed E-state index contributed by atoms with van der Waals surface area (Å²) in [5, 5.41) is 4.62. The predicted molar refractivity (Wildman–Crippen MR) is 166 cm³/mol. The summed E-state index contributed by atoms with van der Waals surface area (Å²) in [6.45, 7) is 16.1. The Balaban J connectivity index is 2.22.